The molecule has 0 radical (unpaired) electrons. The van der Waals surface area contributed by atoms with Crippen LogP contribution < -0.4 is 11.1 Å². The van der Waals surface area contributed by atoms with Gasteiger partial charge in [0, 0.05) is 22.8 Å². The number of anilines is 2. The normalized spacial score (nSPS) is 10.8. The molecule has 0 spiro atoms. The molecule has 5 heteroatoms. The molecule has 0 unspecified atom stereocenters. The van der Waals surface area contributed by atoms with Crippen LogP contribution in [-0.4, -0.2) is 30.9 Å². The van der Waals surface area contributed by atoms with Gasteiger partial charge in [-0.05, 0) is 49.5 Å². The Kier molecular flexibility index (Phi) is 5.36. The summed E-state index contributed by atoms with van der Waals surface area (Å²) in [7, 11) is 1.96. The van der Waals surface area contributed by atoms with Crippen LogP contribution in [0, 0.1) is 6.92 Å². The van der Waals surface area contributed by atoms with Gasteiger partial charge in [-0.2, -0.15) is 0 Å². The van der Waals surface area contributed by atoms with Gasteiger partial charge < -0.3 is 11.1 Å². The number of nitrogens with zero attached hydrogens (tertiary/aromatic N) is 1. The molecule has 0 aliphatic rings. The van der Waals surface area contributed by atoms with E-state index in [2.05, 4.69) is 22.8 Å². The zero-order valence-electron chi connectivity index (χ0n) is 12.4. The summed E-state index contributed by atoms with van der Waals surface area (Å²) < 4.78 is 0. The van der Waals surface area contributed by atoms with E-state index in [0.717, 1.165) is 24.2 Å². The lowest BCUT2D eigenvalue weighted by Gasteiger charge is -2.16. The van der Waals surface area contributed by atoms with E-state index in [1.807, 2.05) is 37.1 Å². The molecule has 1 aromatic carbocycles. The van der Waals surface area contributed by atoms with Gasteiger partial charge in [0.2, 0.25) is 5.91 Å². The molecule has 2 aromatic rings. The van der Waals surface area contributed by atoms with Gasteiger partial charge in [-0.25, -0.2) is 0 Å². The molecule has 4 nitrogen and oxygen atoms in total. The molecule has 3 N–H and O–H groups in total. The van der Waals surface area contributed by atoms with Crippen LogP contribution in [0.5, 0.6) is 0 Å². The van der Waals surface area contributed by atoms with Crippen molar-refractivity contribution >= 4 is 28.6 Å². The molecule has 0 saturated heterocycles. The lowest BCUT2D eigenvalue weighted by molar-refractivity contribution is -0.117. The summed E-state index contributed by atoms with van der Waals surface area (Å²) in [4.78, 5) is 15.4. The second-order valence-electron chi connectivity index (χ2n) is 5.14. The van der Waals surface area contributed by atoms with Crippen LogP contribution >= 0.6 is 11.3 Å². The quantitative estimate of drug-likeness (QED) is 0.807. The van der Waals surface area contributed by atoms with E-state index in [1.165, 1.54) is 4.88 Å². The highest BCUT2D eigenvalue weighted by molar-refractivity contribution is 7.09. The number of hydrogen-bond acceptors (Lipinski definition) is 4. The number of nitrogens with two attached hydrogens (primary N) is 1. The lowest BCUT2D eigenvalue weighted by atomic mass is 10.1. The minimum Gasteiger partial charge on any atom is -0.398 e. The highest BCUT2D eigenvalue weighted by Crippen LogP contribution is 2.20. The number of carbonyl (C=O) groups excluding carboxylic acids is 1. The number of rotatable bonds is 6. The predicted octanol–water partition coefficient (Wildman–Crippen LogP) is 2.75. The molecule has 21 heavy (non-hydrogen) atoms. The smallest absolute Gasteiger partial charge is 0.238 e. The van der Waals surface area contributed by atoms with Crippen molar-refractivity contribution in [2.75, 3.05) is 31.2 Å². The summed E-state index contributed by atoms with van der Waals surface area (Å²) >= 11 is 1.75. The van der Waals surface area contributed by atoms with Crippen LogP contribution in [0.2, 0.25) is 0 Å². The van der Waals surface area contributed by atoms with Gasteiger partial charge in [0.15, 0.2) is 0 Å². The third kappa shape index (κ3) is 4.58. The fourth-order valence-corrected chi connectivity index (χ4v) is 2.76. The van der Waals surface area contributed by atoms with Crippen molar-refractivity contribution in [3.8, 4) is 0 Å². The van der Waals surface area contributed by atoms with E-state index >= 15 is 0 Å². The predicted molar refractivity (Wildman–Crippen MR) is 89.7 cm³/mol. The summed E-state index contributed by atoms with van der Waals surface area (Å²) in [6, 6.07) is 9.72. The van der Waals surface area contributed by atoms with Gasteiger partial charge in [0.05, 0.1) is 6.54 Å². The Morgan fingerprint density at radius 1 is 1.33 bits per heavy atom. The Hall–Kier alpha value is -1.85. The summed E-state index contributed by atoms with van der Waals surface area (Å²) in [5, 5.41) is 4.99. The second kappa shape index (κ2) is 7.24. The largest absolute Gasteiger partial charge is 0.398 e. The van der Waals surface area contributed by atoms with Crippen LogP contribution in [0.15, 0.2) is 35.7 Å². The number of thiophene rings is 1. The number of hydrogen-bond donors (Lipinski definition) is 2. The minimum atomic E-state index is -0.0163. The zero-order chi connectivity index (χ0) is 15.2. The van der Waals surface area contributed by atoms with Crippen molar-refractivity contribution < 1.29 is 4.79 Å². The Morgan fingerprint density at radius 2 is 2.14 bits per heavy atom. The van der Waals surface area contributed by atoms with Crippen molar-refractivity contribution in [2.24, 2.45) is 0 Å². The van der Waals surface area contributed by atoms with Crippen molar-refractivity contribution in [1.29, 1.82) is 0 Å². The van der Waals surface area contributed by atoms with Crippen LogP contribution in [0.3, 0.4) is 0 Å². The highest BCUT2D eigenvalue weighted by atomic mass is 32.1. The van der Waals surface area contributed by atoms with Gasteiger partial charge in [0.25, 0.3) is 0 Å². The monoisotopic (exact) mass is 303 g/mol. The Labute approximate surface area is 129 Å². The van der Waals surface area contributed by atoms with Gasteiger partial charge in [0.1, 0.15) is 0 Å². The molecule has 2 rings (SSSR count). The van der Waals surface area contributed by atoms with Crippen LogP contribution in [0.1, 0.15) is 10.4 Å². The molecule has 0 aliphatic heterocycles. The third-order valence-electron chi connectivity index (χ3n) is 3.38. The van der Waals surface area contributed by atoms with Crippen LogP contribution in [0.25, 0.3) is 0 Å². The summed E-state index contributed by atoms with van der Waals surface area (Å²) in [5.74, 6) is -0.0163. The number of likely N-dealkylation sites (N-methyl/N-ethyl adjacent to an activating group) is 1. The van der Waals surface area contributed by atoms with Crippen molar-refractivity contribution in [3.05, 3.63) is 46.2 Å². The molecule has 1 heterocycles. The van der Waals surface area contributed by atoms with E-state index < -0.39 is 0 Å². The van der Waals surface area contributed by atoms with Gasteiger partial charge in [-0.15, -0.1) is 11.3 Å². The number of amides is 1. The fourth-order valence-electron chi connectivity index (χ4n) is 2.06. The molecule has 1 amide bonds. The first-order valence-electron chi connectivity index (χ1n) is 6.92. The van der Waals surface area contributed by atoms with Gasteiger partial charge in [-0.3, -0.25) is 9.69 Å². The first kappa shape index (κ1) is 15.5. The first-order chi connectivity index (χ1) is 10.1. The minimum absolute atomic E-state index is 0.0163. The van der Waals surface area contributed by atoms with Crippen LogP contribution in [0.4, 0.5) is 11.4 Å². The lowest BCUT2D eigenvalue weighted by Crippen LogP contribution is -2.31. The maximum absolute atomic E-state index is 12.1. The Bertz CT molecular complexity index is 596. The SMILES string of the molecule is Cc1c(N)cccc1NC(=O)CN(C)CCc1cccs1. The van der Waals surface area contributed by atoms with Crippen molar-refractivity contribution in [1.82, 2.24) is 4.90 Å². The van der Waals surface area contributed by atoms with Crippen molar-refractivity contribution in [2.45, 2.75) is 13.3 Å². The van der Waals surface area contributed by atoms with Gasteiger partial charge >= 0.3 is 0 Å². The second-order valence-corrected chi connectivity index (χ2v) is 6.17. The maximum Gasteiger partial charge on any atom is 0.238 e. The van der Waals surface area contributed by atoms with E-state index in [9.17, 15) is 4.79 Å². The van der Waals surface area contributed by atoms with E-state index in [-0.39, 0.29) is 5.91 Å². The van der Waals surface area contributed by atoms with Crippen LogP contribution in [-0.2, 0) is 11.2 Å². The number of carbonyl (C=O) groups is 1. The standard InChI is InChI=1S/C16H21N3OS/c1-12-14(17)6-3-7-15(12)18-16(20)11-19(2)9-8-13-5-4-10-21-13/h3-7,10H,8-9,11,17H2,1-2H3,(H,18,20). The number of nitrogens with one attached hydrogen (secondary N) is 1. The van der Waals surface area contributed by atoms with Crippen molar-refractivity contribution in [3.63, 3.8) is 0 Å². The number of benzene rings is 1. The Balaban J connectivity index is 1.82. The first-order valence-corrected chi connectivity index (χ1v) is 7.80. The van der Waals surface area contributed by atoms with E-state index in [0.29, 0.717) is 12.2 Å². The molecular formula is C16H21N3OS. The number of nitrogen functional groups attached to an aromatic ring is 1. The third-order valence-corrected chi connectivity index (χ3v) is 4.32. The zero-order valence-corrected chi connectivity index (χ0v) is 13.2. The molecule has 1 aromatic heterocycles. The van der Waals surface area contributed by atoms with E-state index in [1.54, 1.807) is 11.3 Å². The van der Waals surface area contributed by atoms with Gasteiger partial charge in [-0.1, -0.05) is 12.1 Å². The fraction of sp³-hybridized carbons (Fsp3) is 0.312. The molecule has 0 atom stereocenters. The van der Waals surface area contributed by atoms with E-state index in [4.69, 9.17) is 5.73 Å². The molecule has 0 bridgehead atoms. The average molecular weight is 303 g/mol. The molecule has 0 aliphatic carbocycles. The summed E-state index contributed by atoms with van der Waals surface area (Å²) in [6.07, 6.45) is 0.971. The molecular weight excluding hydrogens is 282 g/mol. The average Bonchev–Trinajstić information content (AvgIpc) is 2.95. The molecule has 0 fully saturated rings. The summed E-state index contributed by atoms with van der Waals surface area (Å²) in [6.45, 7) is 3.15. The Morgan fingerprint density at radius 3 is 2.86 bits per heavy atom. The maximum atomic E-state index is 12.1. The molecule has 0 saturated carbocycles. The summed E-state index contributed by atoms with van der Waals surface area (Å²) in [5.41, 5.74) is 8.23. The highest BCUT2D eigenvalue weighted by Gasteiger charge is 2.09. The topological polar surface area (TPSA) is 58.4 Å². The molecule has 112 valence electrons.